The molecule has 0 radical (unpaired) electrons. The quantitative estimate of drug-likeness (QED) is 0.631. The van der Waals surface area contributed by atoms with Crippen LogP contribution in [0, 0.1) is 0 Å². The maximum atomic E-state index is 13.5. The van der Waals surface area contributed by atoms with E-state index in [1.807, 2.05) is 91.0 Å². The van der Waals surface area contributed by atoms with E-state index in [0.29, 0.717) is 34.7 Å². The number of hydrogen-bond acceptors (Lipinski definition) is 3. The predicted molar refractivity (Wildman–Crippen MR) is 110 cm³/mol. The highest BCUT2D eigenvalue weighted by Gasteiger charge is 2.47. The summed E-state index contributed by atoms with van der Waals surface area (Å²) in [7, 11) is 0. The monoisotopic (exact) mass is 379 g/mol. The van der Waals surface area contributed by atoms with Gasteiger partial charge in [-0.1, -0.05) is 91.0 Å². The molecule has 4 nitrogen and oxygen atoms in total. The zero-order valence-electron chi connectivity index (χ0n) is 15.5. The number of ether oxygens (including phenoxy) is 1. The zero-order valence-corrected chi connectivity index (χ0v) is 15.5. The Balaban J connectivity index is 1.71. The molecule has 0 saturated carbocycles. The fourth-order valence-electron chi connectivity index (χ4n) is 3.81. The molecule has 3 aromatic rings. The van der Waals surface area contributed by atoms with Crippen LogP contribution in [0.15, 0.2) is 102 Å². The Hall–Kier alpha value is -3.92. The molecule has 140 valence electrons. The number of esters is 1. The minimum Gasteiger partial charge on any atom is -0.421 e. The zero-order chi connectivity index (χ0) is 19.8. The molecule has 0 bridgehead atoms. The van der Waals surface area contributed by atoms with E-state index in [9.17, 15) is 9.59 Å². The Labute approximate surface area is 168 Å². The molecule has 0 saturated heterocycles. The molecule has 1 amide bonds. The van der Waals surface area contributed by atoms with Crippen LogP contribution in [-0.2, 0) is 20.9 Å². The number of cyclic esters (lactones) is 1. The van der Waals surface area contributed by atoms with Gasteiger partial charge in [-0.15, -0.1) is 0 Å². The number of carbonyl (C=O) groups is 2. The number of rotatable bonds is 4. The molecule has 2 heterocycles. The van der Waals surface area contributed by atoms with Crippen LogP contribution in [-0.4, -0.2) is 16.8 Å². The van der Waals surface area contributed by atoms with Crippen LogP contribution in [0.5, 0.6) is 0 Å². The largest absolute Gasteiger partial charge is 0.421 e. The molecule has 5 rings (SSSR count). The first-order valence-corrected chi connectivity index (χ1v) is 9.42. The van der Waals surface area contributed by atoms with Gasteiger partial charge >= 0.3 is 5.97 Å². The van der Waals surface area contributed by atoms with Crippen LogP contribution >= 0.6 is 0 Å². The molecular formula is C25H17NO3. The van der Waals surface area contributed by atoms with E-state index in [2.05, 4.69) is 0 Å². The Morgan fingerprint density at radius 3 is 1.83 bits per heavy atom. The van der Waals surface area contributed by atoms with E-state index >= 15 is 0 Å². The molecule has 4 heteroatoms. The van der Waals surface area contributed by atoms with Crippen LogP contribution in [0.1, 0.15) is 16.7 Å². The van der Waals surface area contributed by atoms with Gasteiger partial charge in [-0.25, -0.2) is 4.79 Å². The Morgan fingerprint density at radius 2 is 1.21 bits per heavy atom. The van der Waals surface area contributed by atoms with Gasteiger partial charge in [0.2, 0.25) is 0 Å². The topological polar surface area (TPSA) is 46.6 Å². The lowest BCUT2D eigenvalue weighted by atomic mass is 10.0. The van der Waals surface area contributed by atoms with Crippen LogP contribution < -0.4 is 0 Å². The van der Waals surface area contributed by atoms with Crippen molar-refractivity contribution in [1.29, 1.82) is 0 Å². The fourth-order valence-corrected chi connectivity index (χ4v) is 3.81. The Morgan fingerprint density at radius 1 is 0.655 bits per heavy atom. The maximum Gasteiger partial charge on any atom is 0.346 e. The van der Waals surface area contributed by atoms with E-state index < -0.39 is 5.97 Å². The lowest BCUT2D eigenvalue weighted by Gasteiger charge is -2.21. The predicted octanol–water partition coefficient (Wildman–Crippen LogP) is 4.41. The molecular weight excluding hydrogens is 362 g/mol. The summed E-state index contributed by atoms with van der Waals surface area (Å²) in [6.07, 6.45) is 0. The number of hydrogen-bond donors (Lipinski definition) is 0. The molecule has 2 aliphatic heterocycles. The van der Waals surface area contributed by atoms with E-state index in [0.717, 1.165) is 11.1 Å². The molecule has 0 atom stereocenters. The number of carbonyl (C=O) groups excluding carboxylic acids is 2. The van der Waals surface area contributed by atoms with Gasteiger partial charge in [0.15, 0.2) is 5.76 Å². The SMILES string of the molecule is O=C1OC(c2ccccc2)=C2C(=O)N(Cc3ccccc3)C(c3ccccc3)=C12. The molecule has 29 heavy (non-hydrogen) atoms. The summed E-state index contributed by atoms with van der Waals surface area (Å²) in [4.78, 5) is 28.0. The van der Waals surface area contributed by atoms with Crippen molar-refractivity contribution in [3.63, 3.8) is 0 Å². The van der Waals surface area contributed by atoms with Crippen LogP contribution in [0.3, 0.4) is 0 Å². The maximum absolute atomic E-state index is 13.5. The summed E-state index contributed by atoms with van der Waals surface area (Å²) in [6, 6.07) is 28.6. The highest BCUT2D eigenvalue weighted by atomic mass is 16.5. The molecule has 2 aliphatic rings. The van der Waals surface area contributed by atoms with Crippen LogP contribution in [0.25, 0.3) is 11.5 Å². The summed E-state index contributed by atoms with van der Waals surface area (Å²) in [6.45, 7) is 0.381. The van der Waals surface area contributed by atoms with Gasteiger partial charge < -0.3 is 9.64 Å². The van der Waals surface area contributed by atoms with Crippen LogP contribution in [0.2, 0.25) is 0 Å². The second-order valence-corrected chi connectivity index (χ2v) is 6.93. The second-order valence-electron chi connectivity index (χ2n) is 6.93. The molecule has 0 N–H and O–H groups in total. The third-order valence-electron chi connectivity index (χ3n) is 5.11. The smallest absolute Gasteiger partial charge is 0.346 e. The van der Waals surface area contributed by atoms with Gasteiger partial charge in [-0.2, -0.15) is 0 Å². The van der Waals surface area contributed by atoms with Crippen molar-refractivity contribution >= 4 is 23.3 Å². The van der Waals surface area contributed by atoms with Crippen molar-refractivity contribution in [2.24, 2.45) is 0 Å². The third-order valence-corrected chi connectivity index (χ3v) is 5.11. The lowest BCUT2D eigenvalue weighted by Crippen LogP contribution is -2.25. The average Bonchev–Trinajstić information content (AvgIpc) is 3.26. The summed E-state index contributed by atoms with van der Waals surface area (Å²) in [5, 5.41) is 0. The minimum atomic E-state index is -0.485. The number of benzene rings is 3. The van der Waals surface area contributed by atoms with Crippen molar-refractivity contribution in [1.82, 2.24) is 4.90 Å². The van der Waals surface area contributed by atoms with Crippen molar-refractivity contribution < 1.29 is 14.3 Å². The van der Waals surface area contributed by atoms with Gasteiger partial charge in [0.1, 0.15) is 11.1 Å². The standard InChI is InChI=1S/C25H17NO3/c27-24-21-20(25(28)29-23(21)19-14-8-3-9-15-19)22(18-12-6-2-7-13-18)26(24)16-17-10-4-1-5-11-17/h1-15H,16H2. The summed E-state index contributed by atoms with van der Waals surface area (Å²) in [5.74, 6) is -0.367. The summed E-state index contributed by atoms with van der Waals surface area (Å²) >= 11 is 0. The fraction of sp³-hybridized carbons (Fsp3) is 0.0400. The molecule has 0 unspecified atom stereocenters. The Bertz CT molecular complexity index is 1160. The first-order valence-electron chi connectivity index (χ1n) is 9.42. The highest BCUT2D eigenvalue weighted by Crippen LogP contribution is 2.45. The number of nitrogens with zero attached hydrogens (tertiary/aromatic N) is 1. The number of amides is 1. The number of fused-ring (bicyclic) bond motifs is 1. The van der Waals surface area contributed by atoms with E-state index in [1.165, 1.54) is 0 Å². The molecule has 0 spiro atoms. The first-order chi connectivity index (χ1) is 14.2. The van der Waals surface area contributed by atoms with Gasteiger partial charge in [0, 0.05) is 5.56 Å². The molecule has 0 aliphatic carbocycles. The van der Waals surface area contributed by atoms with Gasteiger partial charge in [0.05, 0.1) is 12.2 Å². The van der Waals surface area contributed by atoms with Crippen molar-refractivity contribution in [2.75, 3.05) is 0 Å². The Kier molecular flexibility index (Phi) is 4.10. The normalized spacial score (nSPS) is 15.8. The third kappa shape index (κ3) is 2.86. The van der Waals surface area contributed by atoms with Crippen molar-refractivity contribution in [3.8, 4) is 0 Å². The van der Waals surface area contributed by atoms with Crippen molar-refractivity contribution in [2.45, 2.75) is 6.54 Å². The second kappa shape index (κ2) is 6.91. The minimum absolute atomic E-state index is 0.215. The molecule has 0 aromatic heterocycles. The van der Waals surface area contributed by atoms with E-state index in [4.69, 9.17) is 4.74 Å². The molecule has 0 fully saturated rings. The van der Waals surface area contributed by atoms with Crippen LogP contribution in [0.4, 0.5) is 0 Å². The van der Waals surface area contributed by atoms with Gasteiger partial charge in [-0.05, 0) is 11.1 Å². The van der Waals surface area contributed by atoms with Crippen molar-refractivity contribution in [3.05, 3.63) is 119 Å². The first kappa shape index (κ1) is 17.2. The summed E-state index contributed by atoms with van der Waals surface area (Å²) < 4.78 is 5.57. The highest BCUT2D eigenvalue weighted by molar-refractivity contribution is 6.27. The lowest BCUT2D eigenvalue weighted by molar-refractivity contribution is -0.131. The van der Waals surface area contributed by atoms with Gasteiger partial charge in [-0.3, -0.25) is 4.79 Å². The van der Waals surface area contributed by atoms with E-state index in [1.54, 1.807) is 4.90 Å². The molecule has 3 aromatic carbocycles. The summed E-state index contributed by atoms with van der Waals surface area (Å²) in [5.41, 5.74) is 3.81. The van der Waals surface area contributed by atoms with E-state index in [-0.39, 0.29) is 5.91 Å². The average molecular weight is 379 g/mol. The van der Waals surface area contributed by atoms with Gasteiger partial charge in [0.25, 0.3) is 5.91 Å².